The third kappa shape index (κ3) is 3.54. The van der Waals surface area contributed by atoms with Crippen LogP contribution in [0.4, 0.5) is 5.82 Å². The smallest absolute Gasteiger partial charge is 0.323 e. The topological polar surface area (TPSA) is 82.6 Å². The van der Waals surface area contributed by atoms with Crippen molar-refractivity contribution in [2.45, 2.75) is 26.3 Å². The van der Waals surface area contributed by atoms with Crippen LogP contribution in [-0.4, -0.2) is 54.7 Å². The molecule has 1 saturated heterocycles. The molecule has 0 radical (unpaired) electrons. The normalized spacial score (nSPS) is 16.9. The van der Waals surface area contributed by atoms with E-state index < -0.39 is 6.04 Å². The average molecular weight is 296 g/mol. The Labute approximate surface area is 125 Å². The van der Waals surface area contributed by atoms with E-state index in [2.05, 4.69) is 10.00 Å². The van der Waals surface area contributed by atoms with Crippen LogP contribution in [0.5, 0.6) is 0 Å². The van der Waals surface area contributed by atoms with E-state index in [-0.39, 0.29) is 5.97 Å². The van der Waals surface area contributed by atoms with Crippen LogP contribution < -0.4 is 10.6 Å². The summed E-state index contributed by atoms with van der Waals surface area (Å²) in [7, 11) is 1.91. The van der Waals surface area contributed by atoms with E-state index in [1.807, 2.05) is 18.7 Å². The summed E-state index contributed by atoms with van der Waals surface area (Å²) in [6, 6.07) is -0.660. The minimum absolute atomic E-state index is 0.342. The van der Waals surface area contributed by atoms with Crippen LogP contribution in [0, 0.1) is 6.92 Å². The molecule has 1 fully saturated rings. The van der Waals surface area contributed by atoms with Gasteiger partial charge in [-0.2, -0.15) is 5.10 Å². The molecule has 1 aromatic heterocycles. The minimum Gasteiger partial charge on any atom is -0.465 e. The fraction of sp³-hybridized carbons (Fsp3) is 0.714. The number of hydrogen-bond acceptors (Lipinski definition) is 6. The van der Waals surface area contributed by atoms with E-state index in [4.69, 9.17) is 15.2 Å². The molecule has 1 unspecified atom stereocenters. The summed E-state index contributed by atoms with van der Waals surface area (Å²) < 4.78 is 12.2. The quantitative estimate of drug-likeness (QED) is 0.770. The van der Waals surface area contributed by atoms with E-state index in [0.29, 0.717) is 26.2 Å². The number of carbonyl (C=O) groups excluding carboxylic acids is 1. The lowest BCUT2D eigenvalue weighted by atomic mass is 10.1. The van der Waals surface area contributed by atoms with Gasteiger partial charge in [0.1, 0.15) is 11.9 Å². The zero-order chi connectivity index (χ0) is 15.4. The summed E-state index contributed by atoms with van der Waals surface area (Å²) >= 11 is 0. The molecule has 0 spiro atoms. The maximum absolute atomic E-state index is 11.7. The predicted molar refractivity (Wildman–Crippen MR) is 79.3 cm³/mol. The fourth-order valence-corrected chi connectivity index (χ4v) is 2.65. The van der Waals surface area contributed by atoms with Gasteiger partial charge in [-0.25, -0.2) is 0 Å². The van der Waals surface area contributed by atoms with E-state index >= 15 is 0 Å². The molecule has 21 heavy (non-hydrogen) atoms. The standard InChI is InChI=1S/C14H24N4O3/c1-4-21-14(19)12(15)9-11-10(2)16-17(3)13(11)18-5-7-20-8-6-18/h12H,4-9,15H2,1-3H3. The number of nitrogens with two attached hydrogens (primary N) is 1. The van der Waals surface area contributed by atoms with Crippen LogP contribution in [0.2, 0.25) is 0 Å². The van der Waals surface area contributed by atoms with Crippen molar-refractivity contribution >= 4 is 11.8 Å². The maximum atomic E-state index is 11.7. The van der Waals surface area contributed by atoms with Crippen LogP contribution in [0.15, 0.2) is 0 Å². The first-order chi connectivity index (χ1) is 10.0. The second kappa shape index (κ2) is 6.91. The van der Waals surface area contributed by atoms with Gasteiger partial charge in [0.05, 0.1) is 25.5 Å². The molecule has 0 saturated carbocycles. The highest BCUT2D eigenvalue weighted by molar-refractivity contribution is 5.76. The van der Waals surface area contributed by atoms with Crippen LogP contribution in [0.3, 0.4) is 0 Å². The van der Waals surface area contributed by atoms with Gasteiger partial charge in [0.2, 0.25) is 0 Å². The van der Waals surface area contributed by atoms with Crippen molar-refractivity contribution < 1.29 is 14.3 Å². The minimum atomic E-state index is -0.660. The second-order valence-electron chi connectivity index (χ2n) is 5.17. The van der Waals surface area contributed by atoms with E-state index in [1.165, 1.54) is 0 Å². The van der Waals surface area contributed by atoms with Crippen molar-refractivity contribution in [3.63, 3.8) is 0 Å². The Morgan fingerprint density at radius 2 is 2.14 bits per heavy atom. The summed E-state index contributed by atoms with van der Waals surface area (Å²) in [4.78, 5) is 14.0. The van der Waals surface area contributed by atoms with Crippen LogP contribution in [0.1, 0.15) is 18.2 Å². The lowest BCUT2D eigenvalue weighted by molar-refractivity contribution is -0.144. The lowest BCUT2D eigenvalue weighted by Gasteiger charge is -2.29. The van der Waals surface area contributed by atoms with Gasteiger partial charge >= 0.3 is 5.97 Å². The molecule has 0 aliphatic carbocycles. The molecular weight excluding hydrogens is 272 g/mol. The fourth-order valence-electron chi connectivity index (χ4n) is 2.65. The summed E-state index contributed by atoms with van der Waals surface area (Å²) in [5.41, 5.74) is 7.87. The number of esters is 1. The second-order valence-corrected chi connectivity index (χ2v) is 5.17. The Balaban J connectivity index is 2.20. The van der Waals surface area contributed by atoms with Crippen molar-refractivity contribution in [2.75, 3.05) is 37.8 Å². The number of anilines is 1. The van der Waals surface area contributed by atoms with Gasteiger partial charge in [-0.05, 0) is 13.8 Å². The third-order valence-corrected chi connectivity index (χ3v) is 3.64. The first-order valence-electron chi connectivity index (χ1n) is 7.32. The highest BCUT2D eigenvalue weighted by atomic mass is 16.5. The zero-order valence-electron chi connectivity index (χ0n) is 13.0. The van der Waals surface area contributed by atoms with Gasteiger partial charge in [-0.15, -0.1) is 0 Å². The number of aromatic nitrogens is 2. The van der Waals surface area contributed by atoms with Gasteiger partial charge in [0.15, 0.2) is 0 Å². The molecule has 1 aromatic rings. The van der Waals surface area contributed by atoms with Crippen molar-refractivity contribution in [2.24, 2.45) is 12.8 Å². The van der Waals surface area contributed by atoms with Crippen molar-refractivity contribution in [1.29, 1.82) is 0 Å². The van der Waals surface area contributed by atoms with Crippen LogP contribution in [-0.2, 0) is 27.7 Å². The highest BCUT2D eigenvalue weighted by Gasteiger charge is 2.25. The SMILES string of the molecule is CCOC(=O)C(N)Cc1c(C)nn(C)c1N1CCOCC1. The molecule has 1 aliphatic heterocycles. The average Bonchev–Trinajstić information content (AvgIpc) is 2.74. The van der Waals surface area contributed by atoms with Crippen LogP contribution in [0.25, 0.3) is 0 Å². The van der Waals surface area contributed by atoms with Gasteiger partial charge in [0, 0.05) is 32.1 Å². The number of morpholine rings is 1. The Kier molecular flexibility index (Phi) is 5.19. The van der Waals surface area contributed by atoms with Gasteiger partial charge in [0.25, 0.3) is 0 Å². The number of aryl methyl sites for hydroxylation is 2. The Morgan fingerprint density at radius 3 is 2.76 bits per heavy atom. The third-order valence-electron chi connectivity index (χ3n) is 3.64. The Bertz CT molecular complexity index is 495. The summed E-state index contributed by atoms with van der Waals surface area (Å²) in [6.45, 7) is 7.10. The number of hydrogen-bond donors (Lipinski definition) is 1. The molecule has 118 valence electrons. The molecule has 1 aliphatic rings. The first kappa shape index (κ1) is 15.8. The molecule has 0 amide bonds. The zero-order valence-corrected chi connectivity index (χ0v) is 13.0. The van der Waals surface area contributed by atoms with E-state index in [1.54, 1.807) is 6.92 Å². The van der Waals surface area contributed by atoms with Gasteiger partial charge < -0.3 is 20.1 Å². The predicted octanol–water partition coefficient (Wildman–Crippen LogP) is -0.00198. The number of carbonyl (C=O) groups is 1. The monoisotopic (exact) mass is 296 g/mol. The molecule has 0 aromatic carbocycles. The number of ether oxygens (including phenoxy) is 2. The van der Waals surface area contributed by atoms with Crippen molar-refractivity contribution in [3.05, 3.63) is 11.3 Å². The highest BCUT2D eigenvalue weighted by Crippen LogP contribution is 2.25. The summed E-state index contributed by atoms with van der Waals surface area (Å²) in [5, 5.41) is 4.47. The number of nitrogens with zero attached hydrogens (tertiary/aromatic N) is 3. The lowest BCUT2D eigenvalue weighted by Crippen LogP contribution is -2.39. The summed E-state index contributed by atoms with van der Waals surface area (Å²) in [5.74, 6) is 0.657. The molecule has 1 atom stereocenters. The molecule has 7 heteroatoms. The first-order valence-corrected chi connectivity index (χ1v) is 7.32. The van der Waals surface area contributed by atoms with Gasteiger partial charge in [-0.3, -0.25) is 9.48 Å². The number of rotatable bonds is 5. The Hall–Kier alpha value is -1.60. The maximum Gasteiger partial charge on any atom is 0.323 e. The van der Waals surface area contributed by atoms with Crippen LogP contribution >= 0.6 is 0 Å². The molecule has 2 N–H and O–H groups in total. The Morgan fingerprint density at radius 1 is 1.48 bits per heavy atom. The van der Waals surface area contributed by atoms with Crippen molar-refractivity contribution in [1.82, 2.24) is 9.78 Å². The van der Waals surface area contributed by atoms with E-state index in [0.717, 1.165) is 30.2 Å². The molecule has 7 nitrogen and oxygen atoms in total. The largest absolute Gasteiger partial charge is 0.465 e. The van der Waals surface area contributed by atoms with Gasteiger partial charge in [-0.1, -0.05) is 0 Å². The molecule has 0 bridgehead atoms. The van der Waals surface area contributed by atoms with Crippen molar-refractivity contribution in [3.8, 4) is 0 Å². The molecule has 2 rings (SSSR count). The summed E-state index contributed by atoms with van der Waals surface area (Å²) in [6.07, 6.45) is 0.436. The molecule has 2 heterocycles. The molecular formula is C14H24N4O3. The van der Waals surface area contributed by atoms with E-state index in [9.17, 15) is 4.79 Å².